The van der Waals surface area contributed by atoms with Gasteiger partial charge in [0.05, 0.1) is 0 Å². The summed E-state index contributed by atoms with van der Waals surface area (Å²) < 4.78 is 5.06. The van der Waals surface area contributed by atoms with Crippen LogP contribution in [0.3, 0.4) is 0 Å². The first-order valence-electron chi connectivity index (χ1n) is 4.75. The van der Waals surface area contributed by atoms with Crippen LogP contribution in [0.5, 0.6) is 0 Å². The molecule has 0 aliphatic carbocycles. The number of nitrogens with one attached hydrogen (secondary N) is 1. The van der Waals surface area contributed by atoms with Gasteiger partial charge in [-0.1, -0.05) is 6.07 Å². The quantitative estimate of drug-likeness (QED) is 0.823. The fourth-order valence-corrected chi connectivity index (χ4v) is 0.901. The van der Waals surface area contributed by atoms with Crippen LogP contribution < -0.4 is 5.32 Å². The Balaban J connectivity index is 2.71. The van der Waals surface area contributed by atoms with Gasteiger partial charge in [0.2, 0.25) is 0 Å². The van der Waals surface area contributed by atoms with Crippen molar-refractivity contribution in [3.05, 3.63) is 23.9 Å². The zero-order valence-electron chi connectivity index (χ0n) is 9.50. The Morgan fingerprint density at radius 3 is 2.60 bits per heavy atom. The molecular formula is C11H16N2O2. The largest absolute Gasteiger partial charge is 0.369 e. The van der Waals surface area contributed by atoms with Crippen LogP contribution in [0, 0.1) is 6.92 Å². The number of carbonyl (C=O) groups is 1. The van der Waals surface area contributed by atoms with Gasteiger partial charge in [-0.25, -0.2) is 4.98 Å². The number of amides is 1. The minimum Gasteiger partial charge on any atom is -0.369 e. The average Bonchev–Trinajstić information content (AvgIpc) is 2.21. The molecule has 1 heterocycles. The monoisotopic (exact) mass is 208 g/mol. The first-order valence-corrected chi connectivity index (χ1v) is 4.75. The van der Waals surface area contributed by atoms with Gasteiger partial charge >= 0.3 is 0 Å². The van der Waals surface area contributed by atoms with Crippen LogP contribution in [-0.2, 0) is 9.53 Å². The number of rotatable bonds is 3. The van der Waals surface area contributed by atoms with Crippen LogP contribution in [0.4, 0.5) is 5.82 Å². The highest BCUT2D eigenvalue weighted by molar-refractivity contribution is 5.95. The topological polar surface area (TPSA) is 51.2 Å². The van der Waals surface area contributed by atoms with Crippen LogP contribution >= 0.6 is 0 Å². The second-order valence-corrected chi connectivity index (χ2v) is 3.89. The molecular weight excluding hydrogens is 192 g/mol. The number of anilines is 1. The van der Waals surface area contributed by atoms with E-state index < -0.39 is 5.60 Å². The molecule has 0 aliphatic heterocycles. The zero-order valence-corrected chi connectivity index (χ0v) is 9.50. The van der Waals surface area contributed by atoms with Crippen molar-refractivity contribution in [2.24, 2.45) is 0 Å². The lowest BCUT2D eigenvalue weighted by molar-refractivity contribution is -0.133. The molecule has 0 saturated heterocycles. The molecule has 0 bridgehead atoms. The second-order valence-electron chi connectivity index (χ2n) is 3.89. The molecule has 0 unspecified atom stereocenters. The molecule has 0 saturated carbocycles. The van der Waals surface area contributed by atoms with E-state index in [0.29, 0.717) is 5.82 Å². The Bertz CT molecular complexity index is 344. The predicted molar refractivity (Wildman–Crippen MR) is 58.7 cm³/mol. The van der Waals surface area contributed by atoms with Gasteiger partial charge in [0.1, 0.15) is 11.4 Å². The molecule has 15 heavy (non-hydrogen) atoms. The normalized spacial score (nSPS) is 11.2. The SMILES string of the molecule is COC(C)(C)C(=O)Nc1ccc(C)cn1. The van der Waals surface area contributed by atoms with Crippen molar-refractivity contribution in [2.75, 3.05) is 12.4 Å². The van der Waals surface area contributed by atoms with Gasteiger partial charge in [-0.15, -0.1) is 0 Å². The van der Waals surface area contributed by atoms with Gasteiger partial charge in [0, 0.05) is 13.3 Å². The van der Waals surface area contributed by atoms with Crippen LogP contribution in [-0.4, -0.2) is 23.6 Å². The van der Waals surface area contributed by atoms with Gasteiger partial charge in [-0.05, 0) is 32.4 Å². The van der Waals surface area contributed by atoms with Crippen molar-refractivity contribution < 1.29 is 9.53 Å². The summed E-state index contributed by atoms with van der Waals surface area (Å²) in [7, 11) is 1.50. The maximum atomic E-state index is 11.7. The second kappa shape index (κ2) is 4.40. The molecule has 1 rings (SSSR count). The highest BCUT2D eigenvalue weighted by Crippen LogP contribution is 2.11. The van der Waals surface area contributed by atoms with Gasteiger partial charge in [0.15, 0.2) is 0 Å². The summed E-state index contributed by atoms with van der Waals surface area (Å²) in [6, 6.07) is 3.65. The zero-order chi connectivity index (χ0) is 11.5. The van der Waals surface area contributed by atoms with Crippen LogP contribution in [0.2, 0.25) is 0 Å². The number of aryl methyl sites for hydroxylation is 1. The van der Waals surface area contributed by atoms with E-state index in [9.17, 15) is 4.79 Å². The van der Waals surface area contributed by atoms with E-state index in [1.54, 1.807) is 26.1 Å². The number of carbonyl (C=O) groups excluding carboxylic acids is 1. The van der Waals surface area contributed by atoms with E-state index in [2.05, 4.69) is 10.3 Å². The van der Waals surface area contributed by atoms with Crippen LogP contribution in [0.15, 0.2) is 18.3 Å². The van der Waals surface area contributed by atoms with Gasteiger partial charge in [0.25, 0.3) is 5.91 Å². The van der Waals surface area contributed by atoms with E-state index >= 15 is 0 Å². The molecule has 0 aromatic carbocycles. The highest BCUT2D eigenvalue weighted by atomic mass is 16.5. The summed E-state index contributed by atoms with van der Waals surface area (Å²) in [5.41, 5.74) is 0.214. The van der Waals surface area contributed by atoms with Gasteiger partial charge < -0.3 is 10.1 Å². The molecule has 1 N–H and O–H groups in total. The number of hydrogen-bond acceptors (Lipinski definition) is 3. The summed E-state index contributed by atoms with van der Waals surface area (Å²) in [5, 5.41) is 2.69. The third-order valence-electron chi connectivity index (χ3n) is 2.21. The lowest BCUT2D eigenvalue weighted by Gasteiger charge is -2.21. The predicted octanol–water partition coefficient (Wildman–Crippen LogP) is 1.75. The number of nitrogens with zero attached hydrogens (tertiary/aromatic N) is 1. The summed E-state index contributed by atoms with van der Waals surface area (Å²) in [5.74, 6) is 0.331. The summed E-state index contributed by atoms with van der Waals surface area (Å²) in [6.07, 6.45) is 1.70. The highest BCUT2D eigenvalue weighted by Gasteiger charge is 2.27. The Morgan fingerprint density at radius 1 is 1.47 bits per heavy atom. The maximum absolute atomic E-state index is 11.7. The first kappa shape index (κ1) is 11.7. The molecule has 0 spiro atoms. The Hall–Kier alpha value is -1.42. The number of ether oxygens (including phenoxy) is 1. The fraction of sp³-hybridized carbons (Fsp3) is 0.455. The summed E-state index contributed by atoms with van der Waals surface area (Å²) in [6.45, 7) is 5.35. The van der Waals surface area contributed by atoms with Crippen molar-refractivity contribution in [2.45, 2.75) is 26.4 Å². The fourth-order valence-electron chi connectivity index (χ4n) is 0.901. The lowest BCUT2D eigenvalue weighted by Crippen LogP contribution is -2.39. The van der Waals surface area contributed by atoms with E-state index in [4.69, 9.17) is 4.74 Å². The van der Waals surface area contributed by atoms with Gasteiger partial charge in [-0.2, -0.15) is 0 Å². The molecule has 0 radical (unpaired) electrons. The Morgan fingerprint density at radius 2 is 2.13 bits per heavy atom. The number of pyridine rings is 1. The van der Waals surface area contributed by atoms with E-state index in [1.165, 1.54) is 7.11 Å². The van der Waals surface area contributed by atoms with E-state index in [-0.39, 0.29) is 5.91 Å². The van der Waals surface area contributed by atoms with Crippen LogP contribution in [0.1, 0.15) is 19.4 Å². The smallest absolute Gasteiger partial charge is 0.257 e. The van der Waals surface area contributed by atoms with Crippen molar-refractivity contribution in [1.29, 1.82) is 0 Å². The molecule has 0 aliphatic rings. The van der Waals surface area contributed by atoms with Crippen molar-refractivity contribution >= 4 is 11.7 Å². The van der Waals surface area contributed by atoms with Gasteiger partial charge in [-0.3, -0.25) is 4.79 Å². The molecule has 0 atom stereocenters. The molecule has 1 aromatic rings. The molecule has 82 valence electrons. The van der Waals surface area contributed by atoms with E-state index in [1.807, 2.05) is 13.0 Å². The Kier molecular flexibility index (Phi) is 3.42. The third-order valence-corrected chi connectivity index (χ3v) is 2.21. The number of methoxy groups -OCH3 is 1. The number of aromatic nitrogens is 1. The summed E-state index contributed by atoms with van der Waals surface area (Å²) in [4.78, 5) is 15.8. The van der Waals surface area contributed by atoms with Crippen molar-refractivity contribution in [3.63, 3.8) is 0 Å². The molecule has 4 heteroatoms. The van der Waals surface area contributed by atoms with Crippen LogP contribution in [0.25, 0.3) is 0 Å². The minimum atomic E-state index is -0.841. The van der Waals surface area contributed by atoms with Crippen molar-refractivity contribution in [3.8, 4) is 0 Å². The Labute approximate surface area is 89.7 Å². The maximum Gasteiger partial charge on any atom is 0.257 e. The molecule has 4 nitrogen and oxygen atoms in total. The number of hydrogen-bond donors (Lipinski definition) is 1. The van der Waals surface area contributed by atoms with E-state index in [0.717, 1.165) is 5.56 Å². The third kappa shape index (κ3) is 3.02. The molecule has 1 aromatic heterocycles. The lowest BCUT2D eigenvalue weighted by atomic mass is 10.1. The van der Waals surface area contributed by atoms with Crippen molar-refractivity contribution in [1.82, 2.24) is 4.98 Å². The minimum absolute atomic E-state index is 0.207. The first-order chi connectivity index (χ1) is 6.95. The summed E-state index contributed by atoms with van der Waals surface area (Å²) >= 11 is 0. The molecule has 1 amide bonds. The average molecular weight is 208 g/mol. The molecule has 0 fully saturated rings. The standard InChI is InChI=1S/C11H16N2O2/c1-8-5-6-9(12-7-8)13-10(14)11(2,3)15-4/h5-7H,1-4H3,(H,12,13,14).